The maximum Gasteiger partial charge on any atom is 0.407 e. The average molecular weight is 428 g/mol. The van der Waals surface area contributed by atoms with Crippen LogP contribution in [0.4, 0.5) is 4.79 Å². The molecule has 1 atom stereocenters. The van der Waals surface area contributed by atoms with Gasteiger partial charge in [0.15, 0.2) is 0 Å². The monoisotopic (exact) mass is 428 g/mol. The van der Waals surface area contributed by atoms with Crippen LogP contribution in [0.3, 0.4) is 0 Å². The predicted molar refractivity (Wildman–Crippen MR) is 114 cm³/mol. The van der Waals surface area contributed by atoms with Crippen molar-refractivity contribution in [2.45, 2.75) is 64.3 Å². The number of amides is 2. The molecule has 0 spiro atoms. The lowest BCUT2D eigenvalue weighted by atomic mass is 10.1. The van der Waals surface area contributed by atoms with Crippen molar-refractivity contribution in [2.24, 2.45) is 0 Å². The zero-order valence-corrected chi connectivity index (χ0v) is 18.2. The molecule has 0 saturated heterocycles. The standard InChI is InChI=1S/C23H28N2O6/c1-15(24-21(28)31-22(2,3)4)23(11-12-23)25-20(27)19-18(17(26)10-13-29-19)30-14-16-8-6-5-7-9-16/h5-10,13,15H,11-12,14H2,1-4H3,(H,24,28)(H,25,27). The van der Waals surface area contributed by atoms with Gasteiger partial charge in [-0.05, 0) is 46.1 Å². The highest BCUT2D eigenvalue weighted by Gasteiger charge is 2.50. The van der Waals surface area contributed by atoms with Gasteiger partial charge in [-0.2, -0.15) is 0 Å². The van der Waals surface area contributed by atoms with Crippen molar-refractivity contribution < 1.29 is 23.5 Å². The molecule has 1 aliphatic rings. The van der Waals surface area contributed by atoms with E-state index in [1.165, 1.54) is 6.07 Å². The van der Waals surface area contributed by atoms with Gasteiger partial charge in [0, 0.05) is 6.07 Å². The van der Waals surface area contributed by atoms with Gasteiger partial charge < -0.3 is 24.5 Å². The summed E-state index contributed by atoms with van der Waals surface area (Å²) < 4.78 is 16.3. The third-order valence-corrected chi connectivity index (χ3v) is 4.98. The van der Waals surface area contributed by atoms with Crippen molar-refractivity contribution in [2.75, 3.05) is 0 Å². The Balaban J connectivity index is 1.69. The molecule has 1 unspecified atom stereocenters. The van der Waals surface area contributed by atoms with E-state index >= 15 is 0 Å². The van der Waals surface area contributed by atoms with E-state index in [4.69, 9.17) is 13.9 Å². The van der Waals surface area contributed by atoms with Gasteiger partial charge in [0.2, 0.25) is 16.9 Å². The van der Waals surface area contributed by atoms with E-state index in [9.17, 15) is 14.4 Å². The third-order valence-electron chi connectivity index (χ3n) is 4.98. The topological polar surface area (TPSA) is 107 Å². The van der Waals surface area contributed by atoms with E-state index in [0.29, 0.717) is 12.8 Å². The first kappa shape index (κ1) is 22.4. The maximum absolute atomic E-state index is 12.9. The SMILES string of the molecule is CC(NC(=O)OC(C)(C)C)C1(NC(=O)c2occc(=O)c2OCc2ccccc2)CC1. The van der Waals surface area contributed by atoms with Crippen LogP contribution in [-0.4, -0.2) is 29.2 Å². The van der Waals surface area contributed by atoms with Crippen molar-refractivity contribution in [3.63, 3.8) is 0 Å². The molecule has 2 aromatic rings. The number of hydrogen-bond acceptors (Lipinski definition) is 6. The van der Waals surface area contributed by atoms with E-state index in [1.54, 1.807) is 27.7 Å². The number of carbonyl (C=O) groups excluding carboxylic acids is 2. The van der Waals surface area contributed by atoms with Crippen LogP contribution in [0.2, 0.25) is 0 Å². The molecular formula is C23H28N2O6. The summed E-state index contributed by atoms with van der Waals surface area (Å²) in [6.07, 6.45) is 1.95. The Bertz CT molecular complexity index is 989. The van der Waals surface area contributed by atoms with E-state index in [-0.39, 0.29) is 24.2 Å². The van der Waals surface area contributed by atoms with Crippen molar-refractivity contribution >= 4 is 12.0 Å². The Morgan fingerprint density at radius 3 is 2.45 bits per heavy atom. The van der Waals surface area contributed by atoms with Gasteiger partial charge >= 0.3 is 6.09 Å². The summed E-state index contributed by atoms with van der Waals surface area (Å²) in [5.41, 5.74) is -0.857. The Morgan fingerprint density at radius 2 is 1.84 bits per heavy atom. The van der Waals surface area contributed by atoms with Crippen molar-refractivity contribution in [3.8, 4) is 5.75 Å². The second-order valence-corrected chi connectivity index (χ2v) is 8.70. The second-order valence-electron chi connectivity index (χ2n) is 8.70. The minimum Gasteiger partial charge on any atom is -0.481 e. The van der Waals surface area contributed by atoms with E-state index in [0.717, 1.165) is 11.8 Å². The predicted octanol–water partition coefficient (Wildman–Crippen LogP) is 3.39. The largest absolute Gasteiger partial charge is 0.481 e. The maximum atomic E-state index is 12.9. The summed E-state index contributed by atoms with van der Waals surface area (Å²) in [6.45, 7) is 7.25. The quantitative estimate of drug-likeness (QED) is 0.700. The number of carbonyl (C=O) groups is 2. The molecule has 166 valence electrons. The number of nitrogens with one attached hydrogen (secondary N) is 2. The number of hydrogen-bond donors (Lipinski definition) is 2. The number of benzene rings is 1. The molecule has 1 aromatic carbocycles. The summed E-state index contributed by atoms with van der Waals surface area (Å²) in [7, 11) is 0. The molecule has 31 heavy (non-hydrogen) atoms. The number of ether oxygens (including phenoxy) is 2. The minimum atomic E-state index is -0.640. The third kappa shape index (κ3) is 5.87. The molecule has 1 aliphatic carbocycles. The Morgan fingerprint density at radius 1 is 1.16 bits per heavy atom. The lowest BCUT2D eigenvalue weighted by Gasteiger charge is -2.27. The van der Waals surface area contributed by atoms with Crippen LogP contribution >= 0.6 is 0 Å². The van der Waals surface area contributed by atoms with Crippen LogP contribution in [0.15, 0.2) is 51.9 Å². The first-order valence-electron chi connectivity index (χ1n) is 10.2. The average Bonchev–Trinajstić information content (AvgIpc) is 3.47. The smallest absolute Gasteiger partial charge is 0.407 e. The summed E-state index contributed by atoms with van der Waals surface area (Å²) >= 11 is 0. The van der Waals surface area contributed by atoms with Crippen LogP contribution in [0.1, 0.15) is 56.7 Å². The van der Waals surface area contributed by atoms with E-state index < -0.39 is 28.6 Å². The lowest BCUT2D eigenvalue weighted by Crippen LogP contribution is -2.53. The lowest BCUT2D eigenvalue weighted by molar-refractivity contribution is 0.0489. The van der Waals surface area contributed by atoms with Crippen LogP contribution in [0, 0.1) is 0 Å². The Kier molecular flexibility index (Phi) is 6.38. The van der Waals surface area contributed by atoms with Crippen LogP contribution < -0.4 is 20.8 Å². The summed E-state index contributed by atoms with van der Waals surface area (Å²) in [5, 5.41) is 5.66. The molecule has 3 rings (SSSR count). The molecule has 2 N–H and O–H groups in total. The fourth-order valence-corrected chi connectivity index (χ4v) is 3.13. The number of alkyl carbamates (subject to hydrolysis) is 1. The normalized spacial score (nSPS) is 15.5. The van der Waals surface area contributed by atoms with E-state index in [2.05, 4.69) is 10.6 Å². The van der Waals surface area contributed by atoms with Gasteiger partial charge in [-0.25, -0.2) is 4.79 Å². The molecule has 0 aliphatic heterocycles. The highest BCUT2D eigenvalue weighted by Crippen LogP contribution is 2.39. The van der Waals surface area contributed by atoms with Crippen molar-refractivity contribution in [1.82, 2.24) is 10.6 Å². The van der Waals surface area contributed by atoms with Gasteiger partial charge in [-0.15, -0.1) is 0 Å². The molecule has 1 heterocycles. The first-order valence-corrected chi connectivity index (χ1v) is 10.2. The zero-order chi connectivity index (χ0) is 22.6. The zero-order valence-electron chi connectivity index (χ0n) is 18.2. The molecule has 8 heteroatoms. The Labute approximate surface area is 180 Å². The van der Waals surface area contributed by atoms with Gasteiger partial charge in [0.05, 0.1) is 17.8 Å². The van der Waals surface area contributed by atoms with Gasteiger partial charge in [0.1, 0.15) is 12.2 Å². The molecule has 0 radical (unpaired) electrons. The number of rotatable bonds is 7. The van der Waals surface area contributed by atoms with E-state index in [1.807, 2.05) is 30.3 Å². The molecular weight excluding hydrogens is 400 g/mol. The fraction of sp³-hybridized carbons (Fsp3) is 0.435. The summed E-state index contributed by atoms with van der Waals surface area (Å²) in [6, 6.07) is 10.1. The van der Waals surface area contributed by atoms with Crippen LogP contribution in [-0.2, 0) is 11.3 Å². The summed E-state index contributed by atoms with van der Waals surface area (Å²) in [5.74, 6) is -0.914. The highest BCUT2D eigenvalue weighted by molar-refractivity contribution is 5.94. The molecule has 1 saturated carbocycles. The highest BCUT2D eigenvalue weighted by atomic mass is 16.6. The second kappa shape index (κ2) is 8.83. The fourth-order valence-electron chi connectivity index (χ4n) is 3.13. The van der Waals surface area contributed by atoms with Crippen molar-refractivity contribution in [1.29, 1.82) is 0 Å². The molecule has 2 amide bonds. The minimum absolute atomic E-state index is 0.123. The van der Waals surface area contributed by atoms with Gasteiger partial charge in [-0.3, -0.25) is 9.59 Å². The molecule has 0 bridgehead atoms. The Hall–Kier alpha value is -3.29. The molecule has 1 fully saturated rings. The van der Waals surface area contributed by atoms with Crippen LogP contribution in [0.5, 0.6) is 5.75 Å². The summed E-state index contributed by atoms with van der Waals surface area (Å²) in [4.78, 5) is 37.3. The molecule has 1 aromatic heterocycles. The van der Waals surface area contributed by atoms with Gasteiger partial charge in [0.25, 0.3) is 5.91 Å². The van der Waals surface area contributed by atoms with Gasteiger partial charge in [-0.1, -0.05) is 30.3 Å². The molecule has 8 nitrogen and oxygen atoms in total. The first-order chi connectivity index (χ1) is 14.6. The van der Waals surface area contributed by atoms with Crippen LogP contribution in [0.25, 0.3) is 0 Å². The van der Waals surface area contributed by atoms with Crippen molar-refractivity contribution in [3.05, 3.63) is 64.2 Å².